The first kappa shape index (κ1) is 14.1. The molecule has 1 saturated carbocycles. The van der Waals surface area contributed by atoms with Gasteiger partial charge in [-0.05, 0) is 25.7 Å². The van der Waals surface area contributed by atoms with E-state index in [2.05, 4.69) is 5.32 Å². The Bertz CT molecular complexity index is 269. The summed E-state index contributed by atoms with van der Waals surface area (Å²) in [5.41, 5.74) is -0.219. The Balaban J connectivity index is 1.91. The van der Waals surface area contributed by atoms with Crippen LogP contribution in [0.25, 0.3) is 0 Å². The summed E-state index contributed by atoms with van der Waals surface area (Å²) in [6.07, 6.45) is 8.70. The van der Waals surface area contributed by atoms with Crippen LogP contribution >= 0.6 is 11.6 Å². The molecule has 0 radical (unpaired) electrons. The molecular weight excluding hydrogens is 250 g/mol. The topological polar surface area (TPSA) is 38.3 Å². The van der Waals surface area contributed by atoms with Gasteiger partial charge in [0.1, 0.15) is 0 Å². The van der Waals surface area contributed by atoms with Crippen molar-refractivity contribution in [1.29, 1.82) is 0 Å². The number of hydrogen-bond acceptors (Lipinski definition) is 2. The average molecular weight is 274 g/mol. The third-order valence-electron chi connectivity index (χ3n) is 4.32. The van der Waals surface area contributed by atoms with Gasteiger partial charge in [-0.15, -0.1) is 11.6 Å². The van der Waals surface area contributed by atoms with Gasteiger partial charge in [0.05, 0.1) is 5.54 Å². The molecule has 1 amide bonds. The van der Waals surface area contributed by atoms with Crippen LogP contribution in [0.4, 0.5) is 0 Å². The maximum atomic E-state index is 12.4. The molecule has 0 atom stereocenters. The van der Waals surface area contributed by atoms with Gasteiger partial charge in [0.25, 0.3) is 0 Å². The first-order chi connectivity index (χ1) is 8.76. The van der Waals surface area contributed by atoms with Crippen molar-refractivity contribution < 1.29 is 9.53 Å². The highest BCUT2D eigenvalue weighted by Gasteiger charge is 2.35. The highest BCUT2D eigenvalue weighted by Crippen LogP contribution is 2.26. The van der Waals surface area contributed by atoms with Crippen molar-refractivity contribution in [3.8, 4) is 0 Å². The van der Waals surface area contributed by atoms with Crippen molar-refractivity contribution in [2.45, 2.75) is 56.9 Å². The minimum absolute atomic E-state index is 0.204. The van der Waals surface area contributed by atoms with Crippen molar-refractivity contribution in [2.75, 3.05) is 19.1 Å². The van der Waals surface area contributed by atoms with Crippen LogP contribution < -0.4 is 5.32 Å². The third-order valence-corrected chi connectivity index (χ3v) is 4.83. The van der Waals surface area contributed by atoms with E-state index in [1.807, 2.05) is 0 Å². The first-order valence-corrected chi connectivity index (χ1v) is 7.75. The Labute approximate surface area is 115 Å². The molecular formula is C14H24ClNO2. The molecule has 2 rings (SSSR count). The summed E-state index contributed by atoms with van der Waals surface area (Å²) in [7, 11) is 0. The number of amides is 1. The summed E-state index contributed by atoms with van der Waals surface area (Å²) in [4.78, 5) is 12.4. The van der Waals surface area contributed by atoms with Gasteiger partial charge >= 0.3 is 0 Å². The number of ether oxygens (including phenoxy) is 1. The van der Waals surface area contributed by atoms with Crippen molar-refractivity contribution in [3.05, 3.63) is 0 Å². The standard InChI is InChI=1S/C14H24ClNO2/c15-11-14(7-9-18-10-8-14)16-13(17)12-5-3-1-2-4-6-12/h12H,1-11H2,(H,16,17). The molecule has 1 aliphatic heterocycles. The number of alkyl halides is 1. The van der Waals surface area contributed by atoms with Gasteiger partial charge in [0, 0.05) is 25.0 Å². The minimum atomic E-state index is -0.219. The van der Waals surface area contributed by atoms with Crippen LogP contribution in [0.15, 0.2) is 0 Å². The summed E-state index contributed by atoms with van der Waals surface area (Å²) in [5, 5.41) is 3.23. The van der Waals surface area contributed by atoms with Gasteiger partial charge in [-0.1, -0.05) is 25.7 Å². The molecule has 104 valence electrons. The van der Waals surface area contributed by atoms with Gasteiger partial charge in [0.2, 0.25) is 5.91 Å². The monoisotopic (exact) mass is 273 g/mol. The summed E-state index contributed by atoms with van der Waals surface area (Å²) >= 11 is 6.08. The second-order valence-corrected chi connectivity index (χ2v) is 5.97. The lowest BCUT2D eigenvalue weighted by atomic mass is 9.90. The minimum Gasteiger partial charge on any atom is -0.381 e. The molecule has 0 bridgehead atoms. The van der Waals surface area contributed by atoms with E-state index in [-0.39, 0.29) is 17.4 Å². The predicted molar refractivity (Wildman–Crippen MR) is 72.8 cm³/mol. The van der Waals surface area contributed by atoms with Crippen LogP contribution in [0.1, 0.15) is 51.4 Å². The SMILES string of the molecule is O=C(NC1(CCl)CCOCC1)C1CCCCCC1. The van der Waals surface area contributed by atoms with E-state index in [1.165, 1.54) is 25.7 Å². The number of halogens is 1. The van der Waals surface area contributed by atoms with Gasteiger partial charge in [-0.25, -0.2) is 0 Å². The zero-order chi connectivity index (χ0) is 12.8. The molecule has 0 aromatic carbocycles. The molecule has 2 fully saturated rings. The van der Waals surface area contributed by atoms with Crippen molar-refractivity contribution in [2.24, 2.45) is 5.92 Å². The lowest BCUT2D eigenvalue weighted by Gasteiger charge is -2.37. The van der Waals surface area contributed by atoms with Gasteiger partial charge in [-0.3, -0.25) is 4.79 Å². The molecule has 3 nitrogen and oxygen atoms in total. The molecule has 2 aliphatic rings. The number of hydrogen-bond donors (Lipinski definition) is 1. The fourth-order valence-corrected chi connectivity index (χ4v) is 3.29. The highest BCUT2D eigenvalue weighted by atomic mass is 35.5. The quantitative estimate of drug-likeness (QED) is 0.634. The van der Waals surface area contributed by atoms with Crippen molar-refractivity contribution in [1.82, 2.24) is 5.32 Å². The zero-order valence-corrected chi connectivity index (χ0v) is 11.8. The van der Waals surface area contributed by atoms with Crippen molar-refractivity contribution >= 4 is 17.5 Å². The lowest BCUT2D eigenvalue weighted by Crippen LogP contribution is -2.54. The number of rotatable bonds is 3. The smallest absolute Gasteiger partial charge is 0.223 e. The van der Waals surface area contributed by atoms with Crippen LogP contribution in [0.5, 0.6) is 0 Å². The third kappa shape index (κ3) is 3.61. The highest BCUT2D eigenvalue weighted by molar-refractivity contribution is 6.18. The molecule has 1 aliphatic carbocycles. The number of carbonyl (C=O) groups is 1. The van der Waals surface area contributed by atoms with Crippen molar-refractivity contribution in [3.63, 3.8) is 0 Å². The molecule has 1 N–H and O–H groups in total. The van der Waals surface area contributed by atoms with Gasteiger partial charge in [0.15, 0.2) is 0 Å². The second-order valence-electron chi connectivity index (χ2n) is 5.70. The maximum absolute atomic E-state index is 12.4. The molecule has 1 saturated heterocycles. The molecule has 0 spiro atoms. The Kier molecular flexibility index (Phi) is 5.31. The van der Waals surface area contributed by atoms with Crippen LogP contribution in [-0.4, -0.2) is 30.5 Å². The van der Waals surface area contributed by atoms with Crippen LogP contribution in [0, 0.1) is 5.92 Å². The summed E-state index contributed by atoms with van der Waals surface area (Å²) in [5.74, 6) is 0.921. The van der Waals surface area contributed by atoms with E-state index in [4.69, 9.17) is 16.3 Å². The van der Waals surface area contributed by atoms with Gasteiger partial charge in [-0.2, -0.15) is 0 Å². The average Bonchev–Trinajstić information content (AvgIpc) is 2.68. The fraction of sp³-hybridized carbons (Fsp3) is 0.929. The zero-order valence-electron chi connectivity index (χ0n) is 11.0. The first-order valence-electron chi connectivity index (χ1n) is 7.21. The molecule has 0 aromatic rings. The Hall–Kier alpha value is -0.280. The molecule has 18 heavy (non-hydrogen) atoms. The lowest BCUT2D eigenvalue weighted by molar-refractivity contribution is -0.128. The van der Waals surface area contributed by atoms with Crippen LogP contribution in [-0.2, 0) is 9.53 Å². The summed E-state index contributed by atoms with van der Waals surface area (Å²) < 4.78 is 5.36. The normalized spacial score (nSPS) is 25.4. The van der Waals surface area contributed by atoms with E-state index in [0.29, 0.717) is 19.1 Å². The second kappa shape index (κ2) is 6.76. The number of nitrogens with one attached hydrogen (secondary N) is 1. The van der Waals surface area contributed by atoms with E-state index in [0.717, 1.165) is 25.7 Å². The summed E-state index contributed by atoms with van der Waals surface area (Å²) in [6.45, 7) is 1.41. The molecule has 4 heteroatoms. The van der Waals surface area contributed by atoms with E-state index < -0.39 is 0 Å². The Morgan fingerprint density at radius 2 is 1.78 bits per heavy atom. The Morgan fingerprint density at radius 1 is 1.17 bits per heavy atom. The molecule has 1 heterocycles. The predicted octanol–water partition coefficient (Wildman–Crippen LogP) is 2.86. The van der Waals surface area contributed by atoms with E-state index >= 15 is 0 Å². The Morgan fingerprint density at radius 3 is 2.33 bits per heavy atom. The van der Waals surface area contributed by atoms with Gasteiger partial charge < -0.3 is 10.1 Å². The molecule has 0 unspecified atom stereocenters. The largest absolute Gasteiger partial charge is 0.381 e. The van der Waals surface area contributed by atoms with E-state index in [9.17, 15) is 4.79 Å². The molecule has 0 aromatic heterocycles. The van der Waals surface area contributed by atoms with Crippen LogP contribution in [0.2, 0.25) is 0 Å². The van der Waals surface area contributed by atoms with Crippen LogP contribution in [0.3, 0.4) is 0 Å². The fourth-order valence-electron chi connectivity index (χ4n) is 2.96. The summed E-state index contributed by atoms with van der Waals surface area (Å²) in [6, 6.07) is 0. The number of carbonyl (C=O) groups excluding carboxylic acids is 1. The van der Waals surface area contributed by atoms with E-state index in [1.54, 1.807) is 0 Å². The maximum Gasteiger partial charge on any atom is 0.223 e.